The predicted octanol–water partition coefficient (Wildman–Crippen LogP) is 2.81. The SMILES string of the molecule is O=C1COC2CCN(C(=O)N3CC4(CC(Cc5c(F)cccc5C(F)(F)F)C4)C3)CC2N1. The van der Waals surface area contributed by atoms with Crippen molar-refractivity contribution in [2.24, 2.45) is 11.3 Å². The van der Waals surface area contributed by atoms with E-state index >= 15 is 0 Å². The molecule has 3 heterocycles. The van der Waals surface area contributed by atoms with Gasteiger partial charge in [-0.05, 0) is 43.7 Å². The van der Waals surface area contributed by atoms with Crippen LogP contribution in [0.5, 0.6) is 0 Å². The molecular weight excluding hydrogens is 430 g/mol. The number of rotatable bonds is 2. The van der Waals surface area contributed by atoms with Crippen molar-refractivity contribution >= 4 is 11.9 Å². The molecule has 0 aromatic heterocycles. The minimum atomic E-state index is -4.57. The van der Waals surface area contributed by atoms with Gasteiger partial charge in [0.2, 0.25) is 5.91 Å². The van der Waals surface area contributed by atoms with E-state index in [-0.39, 0.29) is 54.0 Å². The molecule has 2 atom stereocenters. The molecule has 5 rings (SSSR count). The number of carbonyl (C=O) groups excluding carboxylic acids is 2. The topological polar surface area (TPSA) is 61.9 Å². The summed E-state index contributed by atoms with van der Waals surface area (Å²) in [4.78, 5) is 27.9. The van der Waals surface area contributed by atoms with Crippen molar-refractivity contribution in [1.29, 1.82) is 0 Å². The molecule has 1 aromatic rings. The van der Waals surface area contributed by atoms with Crippen molar-refractivity contribution in [3.05, 3.63) is 35.1 Å². The van der Waals surface area contributed by atoms with Crippen LogP contribution in [0.25, 0.3) is 0 Å². The first-order chi connectivity index (χ1) is 15.1. The molecule has 3 saturated heterocycles. The molecule has 3 amide bonds. The Balaban J connectivity index is 1.13. The van der Waals surface area contributed by atoms with Crippen LogP contribution < -0.4 is 5.32 Å². The number of nitrogens with zero attached hydrogens (tertiary/aromatic N) is 2. The molecule has 1 N–H and O–H groups in total. The summed E-state index contributed by atoms with van der Waals surface area (Å²) in [5.74, 6) is -1.00. The Kier molecular flexibility index (Phi) is 5.11. The lowest BCUT2D eigenvalue weighted by molar-refractivity contribution is -0.140. The summed E-state index contributed by atoms with van der Waals surface area (Å²) in [6, 6.07) is 2.82. The van der Waals surface area contributed by atoms with Crippen molar-refractivity contribution < 1.29 is 31.9 Å². The predicted molar refractivity (Wildman–Crippen MR) is 105 cm³/mol. The summed E-state index contributed by atoms with van der Waals surface area (Å²) in [5.41, 5.74) is -1.22. The third-order valence-electron chi connectivity index (χ3n) is 7.28. The second-order valence-electron chi connectivity index (χ2n) is 9.64. The van der Waals surface area contributed by atoms with E-state index in [9.17, 15) is 27.2 Å². The van der Waals surface area contributed by atoms with Gasteiger partial charge in [-0.1, -0.05) is 6.07 Å². The second kappa shape index (κ2) is 7.60. The van der Waals surface area contributed by atoms with E-state index in [2.05, 4.69) is 5.32 Å². The van der Waals surface area contributed by atoms with Crippen LogP contribution in [0.1, 0.15) is 30.4 Å². The molecule has 3 aliphatic heterocycles. The maximum absolute atomic E-state index is 14.1. The van der Waals surface area contributed by atoms with Crippen LogP contribution in [0.15, 0.2) is 18.2 Å². The third kappa shape index (κ3) is 3.82. The van der Waals surface area contributed by atoms with Gasteiger partial charge in [0.15, 0.2) is 0 Å². The monoisotopic (exact) mass is 455 g/mol. The van der Waals surface area contributed by atoms with Crippen molar-refractivity contribution in [3.63, 3.8) is 0 Å². The Bertz CT molecular complexity index is 923. The van der Waals surface area contributed by atoms with Gasteiger partial charge in [0, 0.05) is 37.2 Å². The molecule has 1 spiro atoms. The molecule has 1 aromatic carbocycles. The van der Waals surface area contributed by atoms with Crippen LogP contribution >= 0.6 is 0 Å². The summed E-state index contributed by atoms with van der Waals surface area (Å²) in [7, 11) is 0. The standard InChI is InChI=1S/C22H25F4N3O3/c23-16-3-1-2-15(22(24,25)26)14(16)6-13-7-21(8-13)11-29(12-21)20(31)28-5-4-18-17(9-28)27-19(30)10-32-18/h1-3,13,17-18H,4-12H2,(H,27,30). The van der Waals surface area contributed by atoms with E-state index in [1.807, 2.05) is 0 Å². The van der Waals surface area contributed by atoms with E-state index in [1.54, 1.807) is 9.80 Å². The third-order valence-corrected chi connectivity index (χ3v) is 7.28. The lowest BCUT2D eigenvalue weighted by atomic mass is 9.56. The number of benzene rings is 1. The summed E-state index contributed by atoms with van der Waals surface area (Å²) < 4.78 is 59.3. The fraction of sp³-hybridized carbons (Fsp3) is 0.636. The normalized spacial score (nSPS) is 27.4. The first kappa shape index (κ1) is 21.5. The van der Waals surface area contributed by atoms with Gasteiger partial charge in [-0.15, -0.1) is 0 Å². The van der Waals surface area contributed by atoms with Crippen LogP contribution in [-0.4, -0.2) is 66.7 Å². The summed E-state index contributed by atoms with van der Waals surface area (Å²) in [6.07, 6.45) is -2.52. The van der Waals surface area contributed by atoms with E-state index in [0.29, 0.717) is 45.4 Å². The van der Waals surface area contributed by atoms with Crippen LogP contribution in [0, 0.1) is 17.2 Å². The Morgan fingerprint density at radius 3 is 2.69 bits per heavy atom. The number of carbonyl (C=O) groups is 2. The van der Waals surface area contributed by atoms with Crippen LogP contribution in [0.2, 0.25) is 0 Å². The summed E-state index contributed by atoms with van der Waals surface area (Å²) in [5, 5.41) is 2.88. The molecule has 1 aliphatic carbocycles. The molecule has 0 bridgehead atoms. The van der Waals surface area contributed by atoms with E-state index in [4.69, 9.17) is 4.74 Å². The number of urea groups is 1. The fourth-order valence-electron chi connectivity index (χ4n) is 5.86. The molecule has 2 unspecified atom stereocenters. The van der Waals surface area contributed by atoms with Gasteiger partial charge in [-0.3, -0.25) is 4.79 Å². The van der Waals surface area contributed by atoms with Gasteiger partial charge in [0.25, 0.3) is 0 Å². The van der Waals surface area contributed by atoms with Crippen molar-refractivity contribution in [1.82, 2.24) is 15.1 Å². The lowest BCUT2D eigenvalue weighted by Crippen LogP contribution is -2.68. The number of nitrogens with one attached hydrogen (secondary N) is 1. The molecule has 32 heavy (non-hydrogen) atoms. The first-order valence-electron chi connectivity index (χ1n) is 10.9. The Morgan fingerprint density at radius 2 is 1.97 bits per heavy atom. The number of halogens is 4. The zero-order valence-electron chi connectivity index (χ0n) is 17.5. The number of ether oxygens (including phenoxy) is 1. The van der Waals surface area contributed by atoms with Crippen LogP contribution in [0.3, 0.4) is 0 Å². The number of piperidine rings is 1. The van der Waals surface area contributed by atoms with Crippen LogP contribution in [-0.2, 0) is 22.1 Å². The lowest BCUT2D eigenvalue weighted by Gasteiger charge is -2.60. The number of amides is 3. The van der Waals surface area contributed by atoms with Crippen molar-refractivity contribution in [3.8, 4) is 0 Å². The maximum Gasteiger partial charge on any atom is 0.416 e. The maximum atomic E-state index is 14.1. The Labute approximate surface area is 182 Å². The second-order valence-corrected chi connectivity index (χ2v) is 9.64. The molecule has 4 fully saturated rings. The average molecular weight is 455 g/mol. The molecule has 174 valence electrons. The number of morpholine rings is 1. The van der Waals surface area contributed by atoms with E-state index in [1.165, 1.54) is 0 Å². The number of hydrogen-bond donors (Lipinski definition) is 1. The molecule has 0 radical (unpaired) electrons. The summed E-state index contributed by atoms with van der Waals surface area (Å²) in [6.45, 7) is 2.17. The molecule has 1 saturated carbocycles. The average Bonchev–Trinajstić information content (AvgIpc) is 2.67. The van der Waals surface area contributed by atoms with Gasteiger partial charge in [-0.2, -0.15) is 13.2 Å². The number of fused-ring (bicyclic) bond motifs is 1. The molecule has 10 heteroatoms. The first-order valence-corrected chi connectivity index (χ1v) is 10.9. The van der Waals surface area contributed by atoms with Gasteiger partial charge < -0.3 is 19.9 Å². The van der Waals surface area contributed by atoms with Crippen molar-refractivity contribution in [2.45, 2.75) is 44.0 Å². The largest absolute Gasteiger partial charge is 0.416 e. The van der Waals surface area contributed by atoms with Crippen molar-refractivity contribution in [2.75, 3.05) is 32.8 Å². The van der Waals surface area contributed by atoms with Gasteiger partial charge >= 0.3 is 12.2 Å². The number of alkyl halides is 3. The number of hydrogen-bond acceptors (Lipinski definition) is 3. The highest BCUT2D eigenvalue weighted by Crippen LogP contribution is 2.53. The van der Waals surface area contributed by atoms with E-state index < -0.39 is 17.6 Å². The molecular formula is C22H25F4N3O3. The Morgan fingerprint density at radius 1 is 1.22 bits per heavy atom. The highest BCUT2D eigenvalue weighted by atomic mass is 19.4. The minimum Gasteiger partial charge on any atom is -0.366 e. The number of likely N-dealkylation sites (tertiary alicyclic amines) is 2. The van der Waals surface area contributed by atoms with Gasteiger partial charge in [-0.25, -0.2) is 9.18 Å². The fourth-order valence-corrected chi connectivity index (χ4v) is 5.86. The zero-order valence-corrected chi connectivity index (χ0v) is 17.5. The Hall–Kier alpha value is -2.36. The highest BCUT2D eigenvalue weighted by molar-refractivity contribution is 5.79. The zero-order chi connectivity index (χ0) is 22.7. The summed E-state index contributed by atoms with van der Waals surface area (Å²) >= 11 is 0. The van der Waals surface area contributed by atoms with Gasteiger partial charge in [0.1, 0.15) is 12.4 Å². The molecule has 4 aliphatic rings. The van der Waals surface area contributed by atoms with Gasteiger partial charge in [0.05, 0.1) is 17.7 Å². The molecule has 6 nitrogen and oxygen atoms in total. The highest BCUT2D eigenvalue weighted by Gasteiger charge is 2.54. The van der Waals surface area contributed by atoms with Crippen LogP contribution in [0.4, 0.5) is 22.4 Å². The quantitative estimate of drug-likeness (QED) is 0.698. The smallest absolute Gasteiger partial charge is 0.366 e. The van der Waals surface area contributed by atoms with E-state index in [0.717, 1.165) is 18.2 Å². The minimum absolute atomic E-state index is 0.0180.